The molecule has 110 valence electrons. The molecule has 20 heavy (non-hydrogen) atoms. The second-order valence-corrected chi connectivity index (χ2v) is 4.57. The SMILES string of the molecule is CCC(CC)(CNc1cc(C(=O)OC)ccn1)C(=O)O. The van der Waals surface area contributed by atoms with Gasteiger partial charge in [-0.25, -0.2) is 9.78 Å². The van der Waals surface area contributed by atoms with Crippen LogP contribution in [0.5, 0.6) is 0 Å². The van der Waals surface area contributed by atoms with Gasteiger partial charge in [-0.05, 0) is 25.0 Å². The predicted molar refractivity (Wildman–Crippen MR) is 74.7 cm³/mol. The van der Waals surface area contributed by atoms with Crippen molar-refractivity contribution in [3.63, 3.8) is 0 Å². The van der Waals surface area contributed by atoms with Crippen molar-refractivity contribution >= 4 is 17.8 Å². The summed E-state index contributed by atoms with van der Waals surface area (Å²) < 4.78 is 4.63. The molecule has 6 nitrogen and oxygen atoms in total. The molecule has 1 aromatic rings. The van der Waals surface area contributed by atoms with Crippen LogP contribution in [-0.4, -0.2) is 35.7 Å². The summed E-state index contributed by atoms with van der Waals surface area (Å²) in [6, 6.07) is 3.09. The van der Waals surface area contributed by atoms with Crippen molar-refractivity contribution in [1.82, 2.24) is 4.98 Å². The number of rotatable bonds is 7. The van der Waals surface area contributed by atoms with Crippen molar-refractivity contribution in [2.75, 3.05) is 19.0 Å². The van der Waals surface area contributed by atoms with Gasteiger partial charge < -0.3 is 15.2 Å². The van der Waals surface area contributed by atoms with E-state index < -0.39 is 17.4 Å². The Labute approximate surface area is 118 Å². The molecular weight excluding hydrogens is 260 g/mol. The molecule has 0 aliphatic carbocycles. The minimum Gasteiger partial charge on any atom is -0.481 e. The Balaban J connectivity index is 2.83. The van der Waals surface area contributed by atoms with E-state index in [9.17, 15) is 14.7 Å². The Kier molecular flexibility index (Phi) is 5.49. The fraction of sp³-hybridized carbons (Fsp3) is 0.500. The molecule has 0 saturated heterocycles. The van der Waals surface area contributed by atoms with Crippen LogP contribution in [0, 0.1) is 5.41 Å². The van der Waals surface area contributed by atoms with E-state index in [1.807, 2.05) is 13.8 Å². The second kappa shape index (κ2) is 6.88. The molecule has 0 aliphatic rings. The van der Waals surface area contributed by atoms with Gasteiger partial charge in [-0.15, -0.1) is 0 Å². The van der Waals surface area contributed by atoms with Gasteiger partial charge >= 0.3 is 11.9 Å². The summed E-state index contributed by atoms with van der Waals surface area (Å²) in [5.41, 5.74) is -0.456. The molecule has 1 heterocycles. The Morgan fingerprint density at radius 2 is 2.05 bits per heavy atom. The first kappa shape index (κ1) is 15.9. The zero-order valence-electron chi connectivity index (χ0n) is 12.0. The largest absolute Gasteiger partial charge is 0.481 e. The number of nitrogens with zero attached hydrogens (tertiary/aromatic N) is 1. The highest BCUT2D eigenvalue weighted by atomic mass is 16.5. The fourth-order valence-corrected chi connectivity index (χ4v) is 1.91. The third-order valence-electron chi connectivity index (χ3n) is 3.60. The number of nitrogens with one attached hydrogen (secondary N) is 1. The van der Waals surface area contributed by atoms with E-state index in [2.05, 4.69) is 15.0 Å². The lowest BCUT2D eigenvalue weighted by Crippen LogP contribution is -2.37. The van der Waals surface area contributed by atoms with Crippen molar-refractivity contribution in [1.29, 1.82) is 0 Å². The lowest BCUT2D eigenvalue weighted by molar-refractivity contribution is -0.148. The molecule has 1 aromatic heterocycles. The molecule has 0 amide bonds. The lowest BCUT2D eigenvalue weighted by atomic mass is 9.82. The molecule has 0 aromatic carbocycles. The van der Waals surface area contributed by atoms with Crippen LogP contribution in [0.4, 0.5) is 5.82 Å². The van der Waals surface area contributed by atoms with Crippen LogP contribution in [-0.2, 0) is 9.53 Å². The van der Waals surface area contributed by atoms with Crippen molar-refractivity contribution in [2.45, 2.75) is 26.7 Å². The zero-order valence-corrected chi connectivity index (χ0v) is 12.0. The maximum absolute atomic E-state index is 11.4. The number of esters is 1. The number of aromatic nitrogens is 1. The number of methoxy groups -OCH3 is 1. The number of carboxylic acids is 1. The summed E-state index contributed by atoms with van der Waals surface area (Å²) in [6.07, 6.45) is 2.51. The first-order valence-corrected chi connectivity index (χ1v) is 6.50. The van der Waals surface area contributed by atoms with E-state index in [0.29, 0.717) is 24.2 Å². The normalized spacial score (nSPS) is 10.9. The minimum atomic E-state index is -0.834. The molecule has 0 atom stereocenters. The number of pyridine rings is 1. The maximum Gasteiger partial charge on any atom is 0.338 e. The summed E-state index contributed by atoms with van der Waals surface area (Å²) in [5.74, 6) is -0.828. The van der Waals surface area contributed by atoms with Crippen LogP contribution < -0.4 is 5.32 Å². The van der Waals surface area contributed by atoms with Crippen molar-refractivity contribution in [3.8, 4) is 0 Å². The van der Waals surface area contributed by atoms with Crippen molar-refractivity contribution < 1.29 is 19.4 Å². The molecule has 0 fully saturated rings. The molecule has 0 bridgehead atoms. The number of hydrogen-bond acceptors (Lipinski definition) is 5. The maximum atomic E-state index is 11.4. The highest BCUT2D eigenvalue weighted by Gasteiger charge is 2.34. The monoisotopic (exact) mass is 280 g/mol. The minimum absolute atomic E-state index is 0.257. The van der Waals surface area contributed by atoms with Crippen LogP contribution in [0.2, 0.25) is 0 Å². The molecular formula is C14H20N2O4. The summed E-state index contributed by atoms with van der Waals surface area (Å²) >= 11 is 0. The van der Waals surface area contributed by atoms with Crippen LogP contribution in [0.25, 0.3) is 0 Å². The smallest absolute Gasteiger partial charge is 0.338 e. The first-order chi connectivity index (χ1) is 9.49. The fourth-order valence-electron chi connectivity index (χ4n) is 1.91. The second-order valence-electron chi connectivity index (χ2n) is 4.57. The number of ether oxygens (including phenoxy) is 1. The molecule has 0 unspecified atom stereocenters. The van der Waals surface area contributed by atoms with E-state index >= 15 is 0 Å². The number of carbonyl (C=O) groups excluding carboxylic acids is 1. The van der Waals surface area contributed by atoms with E-state index in [1.54, 1.807) is 12.1 Å². The van der Waals surface area contributed by atoms with Gasteiger partial charge in [-0.3, -0.25) is 4.79 Å². The Bertz CT molecular complexity index is 484. The number of anilines is 1. The van der Waals surface area contributed by atoms with Gasteiger partial charge in [0.05, 0.1) is 18.1 Å². The summed E-state index contributed by atoms with van der Waals surface area (Å²) in [6.45, 7) is 3.95. The lowest BCUT2D eigenvalue weighted by Gasteiger charge is -2.27. The third-order valence-corrected chi connectivity index (χ3v) is 3.60. The standard InChI is InChI=1S/C14H20N2O4/c1-4-14(5-2,13(18)19)9-16-11-8-10(6-7-15-11)12(17)20-3/h6-8H,4-5,9H2,1-3H3,(H,15,16)(H,18,19). The van der Waals surface area contributed by atoms with Crippen molar-refractivity contribution in [3.05, 3.63) is 23.9 Å². The van der Waals surface area contributed by atoms with Crippen molar-refractivity contribution in [2.24, 2.45) is 5.41 Å². The summed E-state index contributed by atoms with van der Waals surface area (Å²) in [5, 5.41) is 12.3. The highest BCUT2D eigenvalue weighted by Crippen LogP contribution is 2.27. The third kappa shape index (κ3) is 3.46. The molecule has 0 aliphatic heterocycles. The number of hydrogen-bond donors (Lipinski definition) is 2. The summed E-state index contributed by atoms with van der Waals surface area (Å²) in [7, 11) is 1.31. The van der Waals surface area contributed by atoms with Gasteiger partial charge in [-0.1, -0.05) is 13.8 Å². The Morgan fingerprint density at radius 3 is 2.55 bits per heavy atom. The van der Waals surface area contributed by atoms with E-state index in [0.717, 1.165) is 0 Å². The molecule has 0 radical (unpaired) electrons. The number of carbonyl (C=O) groups is 2. The van der Waals surface area contributed by atoms with Crippen LogP contribution in [0.3, 0.4) is 0 Å². The van der Waals surface area contributed by atoms with Gasteiger partial charge in [0.2, 0.25) is 0 Å². The Morgan fingerprint density at radius 1 is 1.40 bits per heavy atom. The van der Waals surface area contributed by atoms with E-state index in [1.165, 1.54) is 13.3 Å². The molecule has 2 N–H and O–H groups in total. The highest BCUT2D eigenvalue weighted by molar-refractivity contribution is 5.90. The number of carboxylic acid groups (broad SMARTS) is 1. The quantitative estimate of drug-likeness (QED) is 0.744. The summed E-state index contributed by atoms with van der Waals surface area (Å²) in [4.78, 5) is 26.9. The Hall–Kier alpha value is -2.11. The molecule has 6 heteroatoms. The zero-order chi connectivity index (χ0) is 15.2. The number of aliphatic carboxylic acids is 1. The molecule has 1 rings (SSSR count). The average Bonchev–Trinajstić information content (AvgIpc) is 2.48. The van der Waals surface area contributed by atoms with Gasteiger partial charge in [0.1, 0.15) is 5.82 Å². The van der Waals surface area contributed by atoms with E-state index in [-0.39, 0.29) is 6.54 Å². The average molecular weight is 280 g/mol. The van der Waals surface area contributed by atoms with Gasteiger partial charge in [0, 0.05) is 12.7 Å². The van der Waals surface area contributed by atoms with Crippen LogP contribution in [0.15, 0.2) is 18.3 Å². The van der Waals surface area contributed by atoms with Gasteiger partial charge in [0.25, 0.3) is 0 Å². The first-order valence-electron chi connectivity index (χ1n) is 6.50. The topological polar surface area (TPSA) is 88.5 Å². The molecule has 0 saturated carbocycles. The van der Waals surface area contributed by atoms with Gasteiger partial charge in [0.15, 0.2) is 0 Å². The molecule has 0 spiro atoms. The van der Waals surface area contributed by atoms with Crippen LogP contribution in [0.1, 0.15) is 37.0 Å². The van der Waals surface area contributed by atoms with Crippen LogP contribution >= 0.6 is 0 Å². The van der Waals surface area contributed by atoms with Gasteiger partial charge in [-0.2, -0.15) is 0 Å². The predicted octanol–water partition coefficient (Wildman–Crippen LogP) is 2.17. The van der Waals surface area contributed by atoms with E-state index in [4.69, 9.17) is 0 Å².